The molecule has 0 spiro atoms. The molecule has 0 saturated heterocycles. The van der Waals surface area contributed by atoms with Crippen LogP contribution in [-0.4, -0.2) is 31.3 Å². The number of ether oxygens (including phenoxy) is 2. The van der Waals surface area contributed by atoms with Gasteiger partial charge in [-0.15, -0.1) is 0 Å². The van der Waals surface area contributed by atoms with Crippen molar-refractivity contribution in [1.82, 2.24) is 5.32 Å². The second-order valence-corrected chi connectivity index (χ2v) is 6.20. The molecule has 146 valence electrons. The molecule has 6 nitrogen and oxygen atoms in total. The third-order valence-electron chi connectivity index (χ3n) is 4.04. The van der Waals surface area contributed by atoms with E-state index in [1.807, 2.05) is 58.0 Å². The maximum Gasteiger partial charge on any atom is 0.196 e. The minimum atomic E-state index is 0.342. The first kappa shape index (κ1) is 20.4. The molecule has 0 fully saturated rings. The summed E-state index contributed by atoms with van der Waals surface area (Å²) < 4.78 is 11.0. The first-order chi connectivity index (χ1) is 13.0. The fraction of sp³-hybridized carbons (Fsp3) is 0.381. The third-order valence-corrected chi connectivity index (χ3v) is 4.04. The van der Waals surface area contributed by atoms with E-state index in [1.54, 1.807) is 7.11 Å². The molecule has 2 aromatic carbocycles. The summed E-state index contributed by atoms with van der Waals surface area (Å²) in [6, 6.07) is 9.59. The zero-order valence-electron chi connectivity index (χ0n) is 16.7. The maximum atomic E-state index is 9.91. The Morgan fingerprint density at radius 3 is 2.37 bits per heavy atom. The number of aromatic hydroxyl groups is 1. The van der Waals surface area contributed by atoms with Gasteiger partial charge in [-0.25, -0.2) is 4.99 Å². The molecule has 0 bridgehead atoms. The van der Waals surface area contributed by atoms with Crippen LogP contribution in [0, 0.1) is 13.8 Å². The Bertz CT molecular complexity index is 780. The van der Waals surface area contributed by atoms with Crippen molar-refractivity contribution in [2.24, 2.45) is 4.99 Å². The van der Waals surface area contributed by atoms with Crippen molar-refractivity contribution in [2.75, 3.05) is 25.6 Å². The Kier molecular flexibility index (Phi) is 7.34. The van der Waals surface area contributed by atoms with E-state index in [0.29, 0.717) is 36.4 Å². The van der Waals surface area contributed by atoms with Gasteiger partial charge in [0, 0.05) is 18.3 Å². The third kappa shape index (κ3) is 5.54. The van der Waals surface area contributed by atoms with Gasteiger partial charge in [0.15, 0.2) is 17.5 Å². The van der Waals surface area contributed by atoms with Crippen molar-refractivity contribution in [3.63, 3.8) is 0 Å². The summed E-state index contributed by atoms with van der Waals surface area (Å²) in [6.07, 6.45) is 0. The van der Waals surface area contributed by atoms with Crippen LogP contribution in [0.4, 0.5) is 5.69 Å². The number of benzene rings is 2. The predicted molar refractivity (Wildman–Crippen MR) is 110 cm³/mol. The molecule has 0 radical (unpaired) electrons. The topological polar surface area (TPSA) is 75.1 Å². The number of hydrogen-bond donors (Lipinski definition) is 3. The van der Waals surface area contributed by atoms with E-state index in [4.69, 9.17) is 9.47 Å². The van der Waals surface area contributed by atoms with E-state index < -0.39 is 0 Å². The quantitative estimate of drug-likeness (QED) is 0.507. The van der Waals surface area contributed by atoms with Crippen molar-refractivity contribution in [1.29, 1.82) is 0 Å². The predicted octanol–water partition coefficient (Wildman–Crippen LogP) is 3.99. The number of nitrogens with one attached hydrogen (secondary N) is 2. The maximum absolute atomic E-state index is 9.91. The van der Waals surface area contributed by atoms with Crippen LogP contribution in [0.25, 0.3) is 0 Å². The number of nitrogens with zero attached hydrogens (tertiary/aromatic N) is 1. The second kappa shape index (κ2) is 9.71. The Morgan fingerprint density at radius 1 is 1.07 bits per heavy atom. The van der Waals surface area contributed by atoms with Crippen LogP contribution in [0.15, 0.2) is 35.3 Å². The highest BCUT2D eigenvalue weighted by atomic mass is 16.5. The normalized spacial score (nSPS) is 11.2. The Labute approximate surface area is 161 Å². The molecule has 27 heavy (non-hydrogen) atoms. The first-order valence-corrected chi connectivity index (χ1v) is 9.13. The summed E-state index contributed by atoms with van der Waals surface area (Å²) >= 11 is 0. The summed E-state index contributed by atoms with van der Waals surface area (Å²) in [6.45, 7) is 9.58. The number of aliphatic imine (C=N–C) groups is 1. The number of aryl methyl sites for hydroxylation is 2. The number of hydrogen-bond acceptors (Lipinski definition) is 4. The zero-order chi connectivity index (χ0) is 19.8. The van der Waals surface area contributed by atoms with E-state index in [0.717, 1.165) is 28.9 Å². The Morgan fingerprint density at radius 2 is 1.78 bits per heavy atom. The van der Waals surface area contributed by atoms with Crippen molar-refractivity contribution < 1.29 is 14.6 Å². The largest absolute Gasteiger partial charge is 0.507 e. The molecular formula is C21H29N3O3. The summed E-state index contributed by atoms with van der Waals surface area (Å²) in [5.41, 5.74) is 3.61. The number of methoxy groups -OCH3 is 1. The molecule has 0 amide bonds. The average molecular weight is 371 g/mol. The molecule has 0 aliphatic heterocycles. The van der Waals surface area contributed by atoms with Crippen LogP contribution in [0.3, 0.4) is 0 Å². The Balaban J connectivity index is 2.18. The summed E-state index contributed by atoms with van der Waals surface area (Å²) in [5.74, 6) is 2.39. The van der Waals surface area contributed by atoms with Crippen LogP contribution >= 0.6 is 0 Å². The molecular weight excluding hydrogens is 342 g/mol. The highest BCUT2D eigenvalue weighted by molar-refractivity contribution is 5.93. The van der Waals surface area contributed by atoms with E-state index in [9.17, 15) is 5.11 Å². The summed E-state index contributed by atoms with van der Waals surface area (Å²) in [7, 11) is 1.62. The highest BCUT2D eigenvalue weighted by Crippen LogP contribution is 2.30. The number of guanidine groups is 1. The molecule has 0 aliphatic rings. The number of phenols is 1. The molecule has 0 heterocycles. The standard InChI is InChI=1S/C21H29N3O3/c1-6-22-21(23-13-16-10-14(3)20(25)15(4)11-16)24-17-8-9-18(27-7-2)19(12-17)26-5/h8-12,25H,6-7,13H2,1-5H3,(H2,22,23,24). The van der Waals surface area contributed by atoms with Gasteiger partial charge in [0.25, 0.3) is 0 Å². The van der Waals surface area contributed by atoms with E-state index in [-0.39, 0.29) is 0 Å². The van der Waals surface area contributed by atoms with Crippen LogP contribution < -0.4 is 20.1 Å². The molecule has 6 heteroatoms. The second-order valence-electron chi connectivity index (χ2n) is 6.20. The average Bonchev–Trinajstić information content (AvgIpc) is 2.65. The molecule has 0 aliphatic carbocycles. The number of phenolic OH excluding ortho intramolecular Hbond substituents is 1. The lowest BCUT2D eigenvalue weighted by molar-refractivity contribution is 0.311. The lowest BCUT2D eigenvalue weighted by atomic mass is 10.1. The fourth-order valence-electron chi connectivity index (χ4n) is 2.77. The van der Waals surface area contributed by atoms with E-state index >= 15 is 0 Å². The van der Waals surface area contributed by atoms with Crippen LogP contribution in [-0.2, 0) is 6.54 Å². The molecule has 0 unspecified atom stereocenters. The number of rotatable bonds is 7. The minimum Gasteiger partial charge on any atom is -0.507 e. The van der Waals surface area contributed by atoms with E-state index in [2.05, 4.69) is 15.6 Å². The first-order valence-electron chi connectivity index (χ1n) is 9.13. The van der Waals surface area contributed by atoms with Gasteiger partial charge in [-0.2, -0.15) is 0 Å². The SMILES string of the molecule is CCNC(=NCc1cc(C)c(O)c(C)c1)Nc1ccc(OCC)c(OC)c1. The Hall–Kier alpha value is -2.89. The van der Waals surface area contributed by atoms with Gasteiger partial charge in [-0.3, -0.25) is 0 Å². The minimum absolute atomic E-state index is 0.342. The summed E-state index contributed by atoms with van der Waals surface area (Å²) in [4.78, 5) is 4.65. The zero-order valence-corrected chi connectivity index (χ0v) is 16.7. The van der Waals surface area contributed by atoms with Gasteiger partial charge in [0.1, 0.15) is 5.75 Å². The van der Waals surface area contributed by atoms with Crippen molar-refractivity contribution in [3.8, 4) is 17.2 Å². The molecule has 0 atom stereocenters. The smallest absolute Gasteiger partial charge is 0.196 e. The van der Waals surface area contributed by atoms with Gasteiger partial charge >= 0.3 is 0 Å². The molecule has 0 saturated carbocycles. The molecule has 0 aromatic heterocycles. The van der Waals surface area contributed by atoms with Crippen molar-refractivity contribution in [3.05, 3.63) is 47.0 Å². The van der Waals surface area contributed by atoms with Crippen LogP contribution in [0.1, 0.15) is 30.5 Å². The lowest BCUT2D eigenvalue weighted by Crippen LogP contribution is -2.30. The van der Waals surface area contributed by atoms with Gasteiger partial charge in [-0.1, -0.05) is 12.1 Å². The van der Waals surface area contributed by atoms with Crippen LogP contribution in [0.5, 0.6) is 17.2 Å². The van der Waals surface area contributed by atoms with Crippen molar-refractivity contribution in [2.45, 2.75) is 34.2 Å². The summed E-state index contributed by atoms with van der Waals surface area (Å²) in [5, 5.41) is 16.4. The van der Waals surface area contributed by atoms with Gasteiger partial charge < -0.3 is 25.2 Å². The van der Waals surface area contributed by atoms with E-state index in [1.165, 1.54) is 0 Å². The van der Waals surface area contributed by atoms with Gasteiger partial charge in [0.05, 0.1) is 20.3 Å². The number of anilines is 1. The molecule has 2 aromatic rings. The van der Waals surface area contributed by atoms with Crippen LogP contribution in [0.2, 0.25) is 0 Å². The molecule has 3 N–H and O–H groups in total. The monoisotopic (exact) mass is 371 g/mol. The van der Waals surface area contributed by atoms with Gasteiger partial charge in [-0.05, 0) is 56.5 Å². The van der Waals surface area contributed by atoms with Gasteiger partial charge in [0.2, 0.25) is 0 Å². The molecule has 2 rings (SSSR count). The highest BCUT2D eigenvalue weighted by Gasteiger charge is 2.08. The van der Waals surface area contributed by atoms with Crippen molar-refractivity contribution >= 4 is 11.6 Å². The fourth-order valence-corrected chi connectivity index (χ4v) is 2.77. The lowest BCUT2D eigenvalue weighted by Gasteiger charge is -2.14.